The normalized spacial score (nSPS) is 11.7. The smallest absolute Gasteiger partial charge is 0.433 e. The van der Waals surface area contributed by atoms with Gasteiger partial charge in [-0.25, -0.2) is 39.1 Å². The van der Waals surface area contributed by atoms with Crippen LogP contribution < -0.4 is 59.2 Å². The number of ether oxygens (including phenoxy) is 3. The van der Waals surface area contributed by atoms with Crippen LogP contribution in [0.5, 0.6) is 28.7 Å². The van der Waals surface area contributed by atoms with Gasteiger partial charge >= 0.3 is 35.1 Å². The van der Waals surface area contributed by atoms with Gasteiger partial charge in [0, 0.05) is 151 Å². The van der Waals surface area contributed by atoms with Crippen LogP contribution in [0.15, 0.2) is 191 Å². The van der Waals surface area contributed by atoms with E-state index in [-0.39, 0.29) is 135 Å². The van der Waals surface area contributed by atoms with Crippen molar-refractivity contribution in [1.29, 1.82) is 0 Å². The summed E-state index contributed by atoms with van der Waals surface area (Å²) in [5.41, 5.74) is 2.57. The van der Waals surface area contributed by atoms with Crippen LogP contribution >= 0.6 is 23.2 Å². The van der Waals surface area contributed by atoms with Crippen molar-refractivity contribution in [3.63, 3.8) is 0 Å². The summed E-state index contributed by atoms with van der Waals surface area (Å²) in [5.74, 6) is 2.39. The summed E-state index contributed by atoms with van der Waals surface area (Å²) < 4.78 is 105. The van der Waals surface area contributed by atoms with Gasteiger partial charge in [-0.3, -0.25) is 70.7 Å². The van der Waals surface area contributed by atoms with Gasteiger partial charge in [-0.05, 0) is 165 Å². The molecule has 696 valence electrons. The average Bonchev–Trinajstić information content (AvgIpc) is 0.744. The van der Waals surface area contributed by atoms with E-state index in [1.165, 1.54) is 72.2 Å². The van der Waals surface area contributed by atoms with E-state index >= 15 is 0 Å². The highest BCUT2D eigenvalue weighted by Crippen LogP contribution is 2.38. The molecule has 0 aliphatic carbocycles. The summed E-state index contributed by atoms with van der Waals surface area (Å²) in [6.45, 7) is 13.8. The number of aryl methyl sites for hydroxylation is 6. The number of aliphatic hydroxyl groups is 4. The van der Waals surface area contributed by atoms with E-state index in [4.69, 9.17) is 42.5 Å². The third-order valence-corrected chi connectivity index (χ3v) is 22.0. The van der Waals surface area contributed by atoms with Gasteiger partial charge in [0.05, 0.1) is 52.4 Å². The Balaban J connectivity index is 0.000000171. The van der Waals surface area contributed by atoms with Gasteiger partial charge in [0.15, 0.2) is 0 Å². The van der Waals surface area contributed by atoms with E-state index in [2.05, 4.69) is 74.7 Å². The molecule has 0 spiro atoms. The second-order valence-electron chi connectivity index (χ2n) is 32.2. The zero-order valence-corrected chi connectivity index (χ0v) is 75.7. The molecule has 0 unspecified atom stereocenters. The van der Waals surface area contributed by atoms with Crippen molar-refractivity contribution >= 4 is 67.3 Å². The van der Waals surface area contributed by atoms with Gasteiger partial charge in [-0.15, -0.1) is 0 Å². The fraction of sp³-hybridized carbons (Fsp3) is 0.351. The van der Waals surface area contributed by atoms with Crippen LogP contribution in [0.3, 0.4) is 0 Å². The van der Waals surface area contributed by atoms with Gasteiger partial charge in [-0.1, -0.05) is 105 Å². The van der Waals surface area contributed by atoms with E-state index in [9.17, 15) is 80.0 Å². The second-order valence-corrected chi connectivity index (χ2v) is 33.1. The third kappa shape index (κ3) is 23.1. The molecule has 11 heterocycles. The first kappa shape index (κ1) is 99.4. The Morgan fingerprint density at radius 1 is 0.402 bits per heavy atom. The predicted molar refractivity (Wildman–Crippen MR) is 489 cm³/mol. The molecule has 0 aliphatic heterocycles. The van der Waals surface area contributed by atoms with Gasteiger partial charge in [0.2, 0.25) is 0 Å². The van der Waals surface area contributed by atoms with E-state index in [0.717, 1.165) is 79.0 Å². The third-order valence-electron chi connectivity index (χ3n) is 21.5. The molecule has 0 radical (unpaired) electrons. The average molecular weight is 1860 g/mol. The molecule has 14 rings (SSSR count). The lowest BCUT2D eigenvalue weighted by molar-refractivity contribution is -0.142. The Morgan fingerprint density at radius 2 is 0.803 bits per heavy atom. The first-order chi connectivity index (χ1) is 62.8. The number of pyridine rings is 7. The Hall–Kier alpha value is -13.1. The van der Waals surface area contributed by atoms with Crippen LogP contribution in [0, 0.1) is 12.8 Å². The van der Waals surface area contributed by atoms with Gasteiger partial charge < -0.3 is 34.6 Å². The summed E-state index contributed by atoms with van der Waals surface area (Å²) in [5, 5.41) is 38.8. The first-order valence-corrected chi connectivity index (χ1v) is 43.0. The zero-order valence-electron chi connectivity index (χ0n) is 74.2. The minimum Gasteiger partial charge on any atom is -0.489 e. The second kappa shape index (κ2) is 43.7. The lowest BCUT2D eigenvalue weighted by atomic mass is 9.88. The summed E-state index contributed by atoms with van der Waals surface area (Å²) in [7, 11) is 6.15. The summed E-state index contributed by atoms with van der Waals surface area (Å²) >= 11 is 12.2. The lowest BCUT2D eigenvalue weighted by Gasteiger charge is -2.19. The monoisotopic (exact) mass is 1860 g/mol. The molecule has 132 heavy (non-hydrogen) atoms. The number of nitrogens with zero attached hydrogens (tertiary/aromatic N) is 15. The van der Waals surface area contributed by atoms with Crippen molar-refractivity contribution in [3.05, 3.63) is 308 Å². The Morgan fingerprint density at radius 3 is 1.20 bits per heavy atom. The number of hydrogen-bond donors (Lipinski definition) is 4. The van der Waals surface area contributed by atoms with E-state index in [1.807, 2.05) is 57.2 Å². The number of rotatable bonds is 29. The molecule has 0 fully saturated rings. The summed E-state index contributed by atoms with van der Waals surface area (Å²) in [6.07, 6.45) is 5.11. The van der Waals surface area contributed by atoms with Crippen molar-refractivity contribution in [1.82, 2.24) is 71.4 Å². The fourth-order valence-electron chi connectivity index (χ4n) is 14.9. The van der Waals surface area contributed by atoms with Gasteiger partial charge in [0.1, 0.15) is 62.7 Å². The minimum atomic E-state index is -4.60. The molecule has 0 amide bonds. The van der Waals surface area contributed by atoms with E-state index in [1.54, 1.807) is 63.0 Å². The van der Waals surface area contributed by atoms with Crippen LogP contribution in [-0.4, -0.2) is 124 Å². The van der Waals surface area contributed by atoms with Crippen LogP contribution in [0.2, 0.25) is 10.0 Å². The molecule has 38 heteroatoms. The van der Waals surface area contributed by atoms with Gasteiger partial charge in [-0.2, -0.15) is 26.3 Å². The molecular weight excluding hydrogens is 1760 g/mol. The maximum Gasteiger partial charge on any atom is 0.433 e. The van der Waals surface area contributed by atoms with Crippen molar-refractivity contribution in [3.8, 4) is 39.9 Å². The number of fused-ring (bicyclic) bond motifs is 4. The lowest BCUT2D eigenvalue weighted by Crippen LogP contribution is -2.40. The molecule has 0 bridgehead atoms. The molecule has 0 saturated carbocycles. The minimum absolute atomic E-state index is 0.0216. The fourth-order valence-corrected chi connectivity index (χ4v) is 15.2. The van der Waals surface area contributed by atoms with Crippen LogP contribution in [0.1, 0.15) is 141 Å². The molecule has 4 N–H and O–H groups in total. The largest absolute Gasteiger partial charge is 0.489 e. The Kier molecular flexibility index (Phi) is 32.9. The van der Waals surface area contributed by atoms with Crippen molar-refractivity contribution in [2.75, 3.05) is 26.4 Å². The molecule has 0 aliphatic rings. The molecule has 0 saturated heterocycles. The maximum absolute atomic E-state index is 13.7. The Bertz CT molecular complexity index is 6820. The maximum atomic E-state index is 13.7. The standard InChI is InChI=1S/C27H28ClN3O3.C24H20ClF3N4O4.C24H22F3N5O4.C19H29N3O4/c1-17(2)20-7-4-5-8-21(20)23-16-29-25-24(22(23)15-18-9-11-19(28)12-10-18)26(33)31(13-6-14-32)27(34)30(25)3;1-31-21-20(22(34)32(23(31)35)8-3-9-33)17(10-14-6-7-19(29-12-14)24(26,27)28)18(13-30-21)36-16-5-2-4-15(25)11-16;1-14-8-16(12-28-10-14)36-18-13-30-21-20(22(34)32(6-3-7-33)23(35)31(21)2)17(18)9-15-4-5-19(29-11-15)24(25,26)27;1-12(2)7-8-14-15(26-13(3)4)11-20-17-16(14)18(24)22(9-6-10-23)19(25)21(17)5/h4-5,7-12,16-17,32H,6,13-15H2,1-3H3;2,4-7,11-13,33H,3,8-10H2,1H3;4-5,8,10-13,33H,3,6-7,9H2,1-2H3;11-13,23H,6-10H2,1-5H3. The van der Waals surface area contributed by atoms with Crippen LogP contribution in [-0.2, 0) is 92.4 Å². The van der Waals surface area contributed by atoms with Crippen molar-refractivity contribution in [2.24, 2.45) is 34.1 Å². The van der Waals surface area contributed by atoms with Crippen LogP contribution in [0.4, 0.5) is 26.3 Å². The van der Waals surface area contributed by atoms with E-state index in [0.29, 0.717) is 103 Å². The molecular formula is C94H99Cl2F6N15O15. The number of aromatic nitrogens is 15. The van der Waals surface area contributed by atoms with Crippen molar-refractivity contribution < 1.29 is 61.0 Å². The predicted octanol–water partition coefficient (Wildman–Crippen LogP) is 13.3. The quantitative estimate of drug-likeness (QED) is 0.0316. The highest BCUT2D eigenvalue weighted by Gasteiger charge is 2.34. The highest BCUT2D eigenvalue weighted by molar-refractivity contribution is 6.31. The molecule has 30 nitrogen and oxygen atoms in total. The number of alkyl halides is 6. The number of hydrogen-bond acceptors (Lipinski definition) is 22. The number of aliphatic hydroxyl groups excluding tert-OH is 4. The number of halogens is 8. The molecule has 3 aromatic carbocycles. The molecule has 11 aromatic heterocycles. The zero-order chi connectivity index (χ0) is 95.9. The topological polar surface area (TPSA) is 375 Å². The van der Waals surface area contributed by atoms with Crippen LogP contribution in [0.25, 0.3) is 55.3 Å². The van der Waals surface area contributed by atoms with Crippen molar-refractivity contribution in [2.45, 2.75) is 157 Å². The SMILES string of the molecule is CC(C)CCc1c(OC(C)C)cnc2c1c(=O)n(CCCO)c(=O)n2C.CC(C)c1ccccc1-c1cnc2c(c1Cc1ccc(Cl)cc1)c(=O)n(CCCO)c(=O)n2C.Cc1cncc(Oc2cnc3c(c2Cc2ccc(C(F)(F)F)nc2)c(=O)n(CCCO)c(=O)n3C)c1.Cn1c(=O)n(CCCO)c(=O)c2c(Cc3ccc(C(F)(F)F)nc3)c(Oc3cccc(Cl)c3)cnc21. The highest BCUT2D eigenvalue weighted by atomic mass is 35.5. The van der Waals surface area contributed by atoms with E-state index < -0.39 is 57.6 Å². The number of benzene rings is 3. The molecule has 14 aromatic rings. The Labute approximate surface area is 760 Å². The summed E-state index contributed by atoms with van der Waals surface area (Å²) in [4.78, 5) is 133. The summed E-state index contributed by atoms with van der Waals surface area (Å²) in [6, 6.07) is 28.2. The first-order valence-electron chi connectivity index (χ1n) is 42.3. The van der Waals surface area contributed by atoms with Gasteiger partial charge in [0.25, 0.3) is 22.2 Å². The molecule has 0 atom stereocenters.